The van der Waals surface area contributed by atoms with E-state index in [1.54, 1.807) is 0 Å². The standard InChI is InChI=1S/C23H35BO3/c1-17-10-13-23(16-17)14-11-20(12-15-23)25-19-8-6-18(7-9-19)24-26-21(2,3)22(4,5)27-24/h6-9,17,20H,10-16H2,1-5H3. The molecule has 3 fully saturated rings. The topological polar surface area (TPSA) is 27.7 Å². The van der Waals surface area contributed by atoms with E-state index in [0.717, 1.165) is 17.1 Å². The van der Waals surface area contributed by atoms with Gasteiger partial charge in [-0.1, -0.05) is 25.5 Å². The molecule has 1 spiro atoms. The molecule has 2 aliphatic carbocycles. The molecule has 0 aromatic heterocycles. The van der Waals surface area contributed by atoms with Gasteiger partial charge in [0.25, 0.3) is 0 Å². The van der Waals surface area contributed by atoms with Crippen molar-refractivity contribution in [3.8, 4) is 5.75 Å². The lowest BCUT2D eigenvalue weighted by molar-refractivity contribution is 0.00578. The third kappa shape index (κ3) is 3.80. The van der Waals surface area contributed by atoms with Gasteiger partial charge >= 0.3 is 7.12 Å². The Morgan fingerprint density at radius 3 is 1.96 bits per heavy atom. The summed E-state index contributed by atoms with van der Waals surface area (Å²) in [6.07, 6.45) is 9.74. The molecule has 1 saturated heterocycles. The van der Waals surface area contributed by atoms with Gasteiger partial charge < -0.3 is 14.0 Å². The molecule has 0 N–H and O–H groups in total. The maximum absolute atomic E-state index is 6.30. The van der Waals surface area contributed by atoms with Crippen molar-refractivity contribution in [3.05, 3.63) is 24.3 Å². The number of hydrogen-bond donors (Lipinski definition) is 0. The maximum Gasteiger partial charge on any atom is 0.494 e. The van der Waals surface area contributed by atoms with E-state index in [9.17, 15) is 0 Å². The Balaban J connectivity index is 1.33. The second kappa shape index (κ2) is 6.81. The highest BCUT2D eigenvalue weighted by Crippen LogP contribution is 2.51. The molecule has 0 bridgehead atoms. The van der Waals surface area contributed by atoms with E-state index in [0.29, 0.717) is 11.5 Å². The maximum atomic E-state index is 6.30. The quantitative estimate of drug-likeness (QED) is 0.692. The number of ether oxygens (including phenoxy) is 1. The van der Waals surface area contributed by atoms with Crippen molar-refractivity contribution in [1.29, 1.82) is 0 Å². The van der Waals surface area contributed by atoms with E-state index in [4.69, 9.17) is 14.0 Å². The first-order valence-electron chi connectivity index (χ1n) is 10.8. The smallest absolute Gasteiger partial charge is 0.490 e. The first-order chi connectivity index (χ1) is 12.7. The normalized spacial score (nSPS) is 34.9. The largest absolute Gasteiger partial charge is 0.494 e. The predicted octanol–water partition coefficient (Wildman–Crippen LogP) is 5.11. The molecule has 27 heavy (non-hydrogen) atoms. The van der Waals surface area contributed by atoms with Crippen molar-refractivity contribution in [3.63, 3.8) is 0 Å². The van der Waals surface area contributed by atoms with Crippen molar-refractivity contribution in [1.82, 2.24) is 0 Å². The lowest BCUT2D eigenvalue weighted by Crippen LogP contribution is -2.41. The summed E-state index contributed by atoms with van der Waals surface area (Å²) in [4.78, 5) is 0. The molecule has 0 amide bonds. The zero-order valence-electron chi connectivity index (χ0n) is 17.7. The van der Waals surface area contributed by atoms with Gasteiger partial charge in [0, 0.05) is 0 Å². The van der Waals surface area contributed by atoms with E-state index in [-0.39, 0.29) is 18.3 Å². The number of hydrogen-bond acceptors (Lipinski definition) is 3. The monoisotopic (exact) mass is 370 g/mol. The molecule has 1 heterocycles. The van der Waals surface area contributed by atoms with Gasteiger partial charge in [-0.3, -0.25) is 0 Å². The summed E-state index contributed by atoms with van der Waals surface area (Å²) in [7, 11) is -0.303. The highest BCUT2D eigenvalue weighted by atomic mass is 16.7. The van der Waals surface area contributed by atoms with E-state index < -0.39 is 0 Å². The van der Waals surface area contributed by atoms with Gasteiger partial charge in [0.05, 0.1) is 17.3 Å². The Hall–Kier alpha value is -0.995. The van der Waals surface area contributed by atoms with Crippen LogP contribution in [0.25, 0.3) is 0 Å². The van der Waals surface area contributed by atoms with E-state index >= 15 is 0 Å². The van der Waals surface area contributed by atoms with Crippen LogP contribution in [0.5, 0.6) is 5.75 Å². The van der Waals surface area contributed by atoms with E-state index in [1.807, 2.05) is 0 Å². The molecular formula is C23H35BO3. The SMILES string of the molecule is CC1CCC2(CCC(Oc3ccc(B4OC(C)(C)C(C)(C)O4)cc3)CC2)C1. The summed E-state index contributed by atoms with van der Waals surface area (Å²) >= 11 is 0. The second-order valence-electron chi connectivity index (χ2n) is 10.3. The zero-order chi connectivity index (χ0) is 19.3. The zero-order valence-corrected chi connectivity index (χ0v) is 17.7. The fourth-order valence-electron chi connectivity index (χ4n) is 5.15. The Bertz CT molecular complexity index is 643. The van der Waals surface area contributed by atoms with Crippen molar-refractivity contribution >= 4 is 12.6 Å². The fraction of sp³-hybridized carbons (Fsp3) is 0.739. The van der Waals surface area contributed by atoms with Crippen molar-refractivity contribution in [2.75, 3.05) is 0 Å². The molecule has 3 nitrogen and oxygen atoms in total. The lowest BCUT2D eigenvalue weighted by atomic mass is 9.71. The molecule has 4 heteroatoms. The molecule has 4 rings (SSSR count). The molecule has 1 atom stereocenters. The summed E-state index contributed by atoms with van der Waals surface area (Å²) in [5, 5.41) is 0. The number of benzene rings is 1. The average Bonchev–Trinajstić information content (AvgIpc) is 3.07. The third-order valence-corrected chi connectivity index (χ3v) is 7.65. The molecule has 3 aliphatic rings. The van der Waals surface area contributed by atoms with Crippen LogP contribution in [-0.2, 0) is 9.31 Å². The van der Waals surface area contributed by atoms with Crippen LogP contribution in [0.4, 0.5) is 0 Å². The lowest BCUT2D eigenvalue weighted by Gasteiger charge is -2.37. The minimum absolute atomic E-state index is 0.303. The summed E-state index contributed by atoms with van der Waals surface area (Å²) in [6, 6.07) is 8.31. The molecule has 2 saturated carbocycles. The Morgan fingerprint density at radius 2 is 1.44 bits per heavy atom. The summed E-state index contributed by atoms with van der Waals surface area (Å²) in [6.45, 7) is 10.8. The number of rotatable bonds is 3. The van der Waals surface area contributed by atoms with Gasteiger partial charge in [0.1, 0.15) is 5.75 Å². The Kier molecular flexibility index (Phi) is 4.87. The van der Waals surface area contributed by atoms with Crippen molar-refractivity contribution < 1.29 is 14.0 Å². The van der Waals surface area contributed by atoms with Gasteiger partial charge in [0.2, 0.25) is 0 Å². The fourth-order valence-corrected chi connectivity index (χ4v) is 5.15. The van der Waals surface area contributed by atoms with Crippen LogP contribution in [0.15, 0.2) is 24.3 Å². The third-order valence-electron chi connectivity index (χ3n) is 7.65. The highest BCUT2D eigenvalue weighted by Gasteiger charge is 2.51. The Morgan fingerprint density at radius 1 is 0.889 bits per heavy atom. The van der Waals surface area contributed by atoms with Crippen LogP contribution in [0, 0.1) is 11.3 Å². The van der Waals surface area contributed by atoms with Gasteiger partial charge in [-0.15, -0.1) is 0 Å². The van der Waals surface area contributed by atoms with Gasteiger partial charge in [-0.05, 0) is 95.1 Å². The second-order valence-corrected chi connectivity index (χ2v) is 10.3. The van der Waals surface area contributed by atoms with E-state index in [2.05, 4.69) is 58.9 Å². The highest BCUT2D eigenvalue weighted by molar-refractivity contribution is 6.62. The van der Waals surface area contributed by atoms with Crippen LogP contribution < -0.4 is 10.2 Å². The van der Waals surface area contributed by atoms with Crippen molar-refractivity contribution in [2.24, 2.45) is 11.3 Å². The van der Waals surface area contributed by atoms with Gasteiger partial charge in [-0.25, -0.2) is 0 Å². The molecule has 1 aromatic rings. The first-order valence-corrected chi connectivity index (χ1v) is 10.8. The minimum atomic E-state index is -0.303. The van der Waals surface area contributed by atoms with Crippen LogP contribution in [0.2, 0.25) is 0 Å². The van der Waals surface area contributed by atoms with Gasteiger partial charge in [-0.2, -0.15) is 0 Å². The average molecular weight is 370 g/mol. The van der Waals surface area contributed by atoms with Crippen LogP contribution in [0.3, 0.4) is 0 Å². The first kappa shape index (κ1) is 19.3. The summed E-state index contributed by atoms with van der Waals surface area (Å²) in [5.41, 5.74) is 1.09. The predicted molar refractivity (Wildman–Crippen MR) is 110 cm³/mol. The molecule has 148 valence electrons. The minimum Gasteiger partial charge on any atom is -0.490 e. The molecule has 1 aromatic carbocycles. The molecule has 1 unspecified atom stereocenters. The van der Waals surface area contributed by atoms with Gasteiger partial charge in [0.15, 0.2) is 0 Å². The van der Waals surface area contributed by atoms with Crippen LogP contribution >= 0.6 is 0 Å². The Labute approximate surface area is 165 Å². The van der Waals surface area contributed by atoms with Crippen LogP contribution in [-0.4, -0.2) is 24.4 Å². The molecule has 1 aliphatic heterocycles. The summed E-state index contributed by atoms with van der Waals surface area (Å²) in [5.74, 6) is 1.89. The molecule has 0 radical (unpaired) electrons. The van der Waals surface area contributed by atoms with Crippen molar-refractivity contribution in [2.45, 2.75) is 96.9 Å². The van der Waals surface area contributed by atoms with E-state index in [1.165, 1.54) is 44.9 Å². The van der Waals surface area contributed by atoms with Crippen LogP contribution in [0.1, 0.15) is 79.6 Å². The summed E-state index contributed by atoms with van der Waals surface area (Å²) < 4.78 is 18.6. The molecular weight excluding hydrogens is 335 g/mol.